The molecule has 1 aliphatic rings. The van der Waals surface area contributed by atoms with Gasteiger partial charge in [-0.3, -0.25) is 9.69 Å². The fourth-order valence-corrected chi connectivity index (χ4v) is 3.02. The van der Waals surface area contributed by atoms with Gasteiger partial charge in [-0.25, -0.2) is 4.79 Å². The summed E-state index contributed by atoms with van der Waals surface area (Å²) >= 11 is 0. The molecule has 0 unspecified atom stereocenters. The first-order chi connectivity index (χ1) is 11.5. The van der Waals surface area contributed by atoms with Gasteiger partial charge >= 0.3 is 6.03 Å². The maximum absolute atomic E-state index is 12.6. The van der Waals surface area contributed by atoms with Crippen molar-refractivity contribution in [2.75, 3.05) is 0 Å². The molecule has 2 aromatic rings. The van der Waals surface area contributed by atoms with E-state index >= 15 is 0 Å². The first-order valence-electron chi connectivity index (χ1n) is 8.26. The van der Waals surface area contributed by atoms with Crippen LogP contribution in [0.15, 0.2) is 48.5 Å². The lowest BCUT2D eigenvalue weighted by Crippen LogP contribution is -2.31. The van der Waals surface area contributed by atoms with Crippen molar-refractivity contribution >= 4 is 11.9 Å². The van der Waals surface area contributed by atoms with E-state index in [1.54, 1.807) is 0 Å². The van der Waals surface area contributed by atoms with Crippen LogP contribution in [0, 0.1) is 13.8 Å². The molecule has 0 bridgehead atoms. The summed E-state index contributed by atoms with van der Waals surface area (Å²) in [4.78, 5) is 26.1. The van der Waals surface area contributed by atoms with Gasteiger partial charge < -0.3 is 5.32 Å². The van der Waals surface area contributed by atoms with Crippen LogP contribution in [-0.2, 0) is 17.8 Å². The Morgan fingerprint density at radius 2 is 1.79 bits per heavy atom. The number of hydrogen-bond donors (Lipinski definition) is 1. The van der Waals surface area contributed by atoms with Crippen molar-refractivity contribution in [1.29, 1.82) is 0 Å². The molecule has 2 aromatic carbocycles. The van der Waals surface area contributed by atoms with Gasteiger partial charge in [-0.2, -0.15) is 0 Å². The van der Waals surface area contributed by atoms with E-state index in [0.29, 0.717) is 13.0 Å². The molecular formula is C20H22N2O2. The maximum atomic E-state index is 12.6. The van der Waals surface area contributed by atoms with Crippen LogP contribution in [0.25, 0.3) is 0 Å². The number of nitrogens with zero attached hydrogens (tertiary/aromatic N) is 1. The molecule has 1 aliphatic heterocycles. The van der Waals surface area contributed by atoms with Gasteiger partial charge in [0, 0.05) is 0 Å². The molecule has 4 heteroatoms. The van der Waals surface area contributed by atoms with E-state index in [-0.39, 0.29) is 11.9 Å². The van der Waals surface area contributed by atoms with Crippen LogP contribution >= 0.6 is 0 Å². The van der Waals surface area contributed by atoms with Gasteiger partial charge in [0.2, 0.25) is 0 Å². The normalized spacial score (nSPS) is 17.2. The standard InChI is InChI=1S/C20H22N2O2/c1-14-8-9-15(2)17(12-14)13-22-19(23)18(21-20(22)24)11-10-16-6-4-3-5-7-16/h3-9,12,18H,10-11,13H2,1-2H3,(H,21,24)/t18-/m0/s1. The van der Waals surface area contributed by atoms with Crippen molar-refractivity contribution < 1.29 is 9.59 Å². The predicted molar refractivity (Wildman–Crippen MR) is 93.5 cm³/mol. The zero-order chi connectivity index (χ0) is 17.1. The van der Waals surface area contributed by atoms with Crippen LogP contribution in [0.1, 0.15) is 28.7 Å². The maximum Gasteiger partial charge on any atom is 0.325 e. The van der Waals surface area contributed by atoms with Crippen molar-refractivity contribution in [3.8, 4) is 0 Å². The third-order valence-electron chi connectivity index (χ3n) is 4.50. The Labute approximate surface area is 142 Å². The van der Waals surface area contributed by atoms with Crippen molar-refractivity contribution in [2.24, 2.45) is 0 Å². The van der Waals surface area contributed by atoms with Gasteiger partial charge in [0.05, 0.1) is 6.54 Å². The lowest BCUT2D eigenvalue weighted by Gasteiger charge is -2.15. The van der Waals surface area contributed by atoms with Gasteiger partial charge in [0.15, 0.2) is 0 Å². The van der Waals surface area contributed by atoms with Crippen molar-refractivity contribution in [1.82, 2.24) is 10.2 Å². The number of benzene rings is 2. The molecule has 1 fully saturated rings. The second-order valence-corrected chi connectivity index (χ2v) is 6.38. The van der Waals surface area contributed by atoms with Gasteiger partial charge in [0.25, 0.3) is 5.91 Å². The molecule has 3 amide bonds. The fraction of sp³-hybridized carbons (Fsp3) is 0.300. The molecule has 4 nitrogen and oxygen atoms in total. The largest absolute Gasteiger partial charge is 0.326 e. The number of rotatable bonds is 5. The summed E-state index contributed by atoms with van der Waals surface area (Å²) < 4.78 is 0. The minimum atomic E-state index is -0.428. The van der Waals surface area contributed by atoms with E-state index in [4.69, 9.17) is 0 Å². The van der Waals surface area contributed by atoms with Crippen LogP contribution in [0.2, 0.25) is 0 Å². The number of carbonyl (C=O) groups is 2. The molecule has 0 saturated carbocycles. The molecule has 0 radical (unpaired) electrons. The molecule has 0 spiro atoms. The second kappa shape index (κ2) is 6.87. The number of urea groups is 1. The molecule has 3 rings (SSSR count). The number of imide groups is 1. The molecule has 0 aromatic heterocycles. The second-order valence-electron chi connectivity index (χ2n) is 6.38. The zero-order valence-electron chi connectivity index (χ0n) is 14.1. The van der Waals surface area contributed by atoms with E-state index in [1.165, 1.54) is 10.5 Å². The average molecular weight is 322 g/mol. The van der Waals surface area contributed by atoms with Crippen molar-refractivity contribution in [3.05, 3.63) is 70.8 Å². The molecule has 24 heavy (non-hydrogen) atoms. The topological polar surface area (TPSA) is 49.4 Å². The van der Waals surface area contributed by atoms with Crippen LogP contribution < -0.4 is 5.32 Å². The summed E-state index contributed by atoms with van der Waals surface area (Å²) in [6.07, 6.45) is 1.40. The number of nitrogens with one attached hydrogen (secondary N) is 1. The molecule has 124 valence electrons. The van der Waals surface area contributed by atoms with Crippen LogP contribution in [0.5, 0.6) is 0 Å². The molecule has 1 heterocycles. The summed E-state index contributed by atoms with van der Waals surface area (Å²) in [5, 5.41) is 2.82. The molecule has 1 atom stereocenters. The summed E-state index contributed by atoms with van der Waals surface area (Å²) in [7, 11) is 0. The Bertz CT molecular complexity index is 755. The van der Waals surface area contributed by atoms with Crippen molar-refractivity contribution in [2.45, 2.75) is 39.3 Å². The third-order valence-corrected chi connectivity index (χ3v) is 4.50. The van der Waals surface area contributed by atoms with E-state index < -0.39 is 6.04 Å². The van der Waals surface area contributed by atoms with Crippen LogP contribution in [0.3, 0.4) is 0 Å². The van der Waals surface area contributed by atoms with Crippen molar-refractivity contribution in [3.63, 3.8) is 0 Å². The minimum Gasteiger partial charge on any atom is -0.326 e. The predicted octanol–water partition coefficient (Wildman–Crippen LogP) is 3.36. The first kappa shape index (κ1) is 16.2. The molecular weight excluding hydrogens is 300 g/mol. The Hall–Kier alpha value is -2.62. The summed E-state index contributed by atoms with van der Waals surface area (Å²) in [5.74, 6) is -0.128. The Kier molecular flexibility index (Phi) is 4.65. The summed E-state index contributed by atoms with van der Waals surface area (Å²) in [6.45, 7) is 4.34. The molecule has 0 aliphatic carbocycles. The smallest absolute Gasteiger partial charge is 0.325 e. The van der Waals surface area contributed by atoms with Crippen LogP contribution in [0.4, 0.5) is 4.79 Å². The number of carbonyl (C=O) groups excluding carboxylic acids is 2. The SMILES string of the molecule is Cc1ccc(C)c(CN2C(=O)N[C@@H](CCc3ccccc3)C2=O)c1. The number of amides is 3. The fourth-order valence-electron chi connectivity index (χ4n) is 3.02. The van der Waals surface area contributed by atoms with Gasteiger partial charge in [-0.05, 0) is 43.4 Å². The summed E-state index contributed by atoms with van der Waals surface area (Å²) in [5.41, 5.74) is 4.41. The quantitative estimate of drug-likeness (QED) is 0.858. The van der Waals surface area contributed by atoms with E-state index in [2.05, 4.69) is 5.32 Å². The highest BCUT2D eigenvalue weighted by atomic mass is 16.2. The monoisotopic (exact) mass is 322 g/mol. The lowest BCUT2D eigenvalue weighted by molar-refractivity contribution is -0.128. The van der Waals surface area contributed by atoms with Gasteiger partial charge in [-0.1, -0.05) is 54.1 Å². The Morgan fingerprint density at radius 3 is 2.54 bits per heavy atom. The van der Waals surface area contributed by atoms with Gasteiger partial charge in [0.1, 0.15) is 6.04 Å². The lowest BCUT2D eigenvalue weighted by atomic mass is 10.0. The molecule has 1 N–H and O–H groups in total. The first-order valence-corrected chi connectivity index (χ1v) is 8.26. The van der Waals surface area contributed by atoms with E-state index in [0.717, 1.165) is 23.1 Å². The number of aryl methyl sites for hydroxylation is 3. The highest BCUT2D eigenvalue weighted by Crippen LogP contribution is 2.18. The highest BCUT2D eigenvalue weighted by Gasteiger charge is 2.37. The molecule has 1 saturated heterocycles. The highest BCUT2D eigenvalue weighted by molar-refractivity contribution is 6.04. The zero-order valence-corrected chi connectivity index (χ0v) is 14.1. The Balaban J connectivity index is 1.66. The van der Waals surface area contributed by atoms with E-state index in [9.17, 15) is 9.59 Å². The Morgan fingerprint density at radius 1 is 1.04 bits per heavy atom. The minimum absolute atomic E-state index is 0.128. The van der Waals surface area contributed by atoms with Crippen LogP contribution in [-0.4, -0.2) is 22.9 Å². The average Bonchev–Trinajstić information content (AvgIpc) is 2.85. The van der Waals surface area contributed by atoms with E-state index in [1.807, 2.05) is 62.4 Å². The third kappa shape index (κ3) is 3.48. The summed E-state index contributed by atoms with van der Waals surface area (Å²) in [6, 6.07) is 15.4. The number of hydrogen-bond acceptors (Lipinski definition) is 2. The van der Waals surface area contributed by atoms with Gasteiger partial charge in [-0.15, -0.1) is 0 Å².